The van der Waals surface area contributed by atoms with Crippen molar-refractivity contribution in [1.82, 2.24) is 39.2 Å². The van der Waals surface area contributed by atoms with Gasteiger partial charge in [0.25, 0.3) is 0 Å². The molecule has 0 bridgehead atoms. The molecule has 5 rings (SSSR count). The number of ether oxygens (including phenoxy) is 1. The number of carbonyl (C=O) groups excluding carboxylic acids is 1. The highest BCUT2D eigenvalue weighted by molar-refractivity contribution is 5.83. The normalized spacial score (nSPS) is 14.5. The molecule has 1 N–H and O–H groups in total. The second-order valence-corrected chi connectivity index (χ2v) is 13.7. The highest BCUT2D eigenvalue weighted by Gasteiger charge is 2.21. The molecule has 1 aromatic carbocycles. The summed E-state index contributed by atoms with van der Waals surface area (Å²) in [5.41, 5.74) is 1.74. The molecule has 258 valence electrons. The van der Waals surface area contributed by atoms with Crippen LogP contribution in [0.2, 0.25) is 0 Å². The van der Waals surface area contributed by atoms with Gasteiger partial charge in [-0.05, 0) is 84.7 Å². The van der Waals surface area contributed by atoms with Crippen molar-refractivity contribution in [2.24, 2.45) is 0 Å². The number of imidazole rings is 1. The molecular formula is C35H47F2N9O2. The Hall–Kier alpha value is -4.23. The number of nitrogens with zero attached hydrogens (tertiary/aromatic N) is 8. The van der Waals surface area contributed by atoms with Crippen molar-refractivity contribution >= 4 is 28.9 Å². The number of nitrogens with one attached hydrogen (secondary N) is 1. The van der Waals surface area contributed by atoms with Gasteiger partial charge in [-0.1, -0.05) is 6.07 Å². The SMILES string of the molecule is Cc1nc2c(F)cc(-c3nc(Nc4ccc(CN5CCN(CCCCN(C)C(=O)OC(C)(C)C)CC5)cn4)ncc3F)cc2n1C(C)C. The van der Waals surface area contributed by atoms with Gasteiger partial charge in [0.15, 0.2) is 11.6 Å². The minimum absolute atomic E-state index is 0.00800. The molecule has 0 radical (unpaired) electrons. The highest BCUT2D eigenvalue weighted by Crippen LogP contribution is 2.30. The second-order valence-electron chi connectivity index (χ2n) is 13.7. The van der Waals surface area contributed by atoms with Crippen LogP contribution in [0.25, 0.3) is 22.3 Å². The summed E-state index contributed by atoms with van der Waals surface area (Å²) in [5.74, 6) is 0.186. The predicted molar refractivity (Wildman–Crippen MR) is 183 cm³/mol. The van der Waals surface area contributed by atoms with Crippen LogP contribution in [-0.4, -0.2) is 97.2 Å². The van der Waals surface area contributed by atoms with Crippen molar-refractivity contribution < 1.29 is 18.3 Å². The Morgan fingerprint density at radius 3 is 2.40 bits per heavy atom. The lowest BCUT2D eigenvalue weighted by Gasteiger charge is -2.34. The minimum atomic E-state index is -0.652. The van der Waals surface area contributed by atoms with Crippen molar-refractivity contribution in [1.29, 1.82) is 0 Å². The lowest BCUT2D eigenvalue weighted by Crippen LogP contribution is -2.46. The van der Waals surface area contributed by atoms with Crippen LogP contribution < -0.4 is 5.32 Å². The summed E-state index contributed by atoms with van der Waals surface area (Å²) in [6.45, 7) is 17.8. The summed E-state index contributed by atoms with van der Waals surface area (Å²) < 4.78 is 37.3. The number of benzene rings is 1. The van der Waals surface area contributed by atoms with E-state index in [1.807, 2.05) is 64.4 Å². The van der Waals surface area contributed by atoms with E-state index >= 15 is 4.39 Å². The average molecular weight is 664 g/mol. The van der Waals surface area contributed by atoms with Gasteiger partial charge in [-0.2, -0.15) is 0 Å². The molecule has 0 aliphatic carbocycles. The number of carbonyl (C=O) groups is 1. The first kappa shape index (κ1) is 35.1. The van der Waals surface area contributed by atoms with Gasteiger partial charge >= 0.3 is 6.09 Å². The van der Waals surface area contributed by atoms with E-state index in [1.165, 1.54) is 6.07 Å². The van der Waals surface area contributed by atoms with Gasteiger partial charge in [0, 0.05) is 64.1 Å². The topological polar surface area (TPSA) is 105 Å². The fourth-order valence-electron chi connectivity index (χ4n) is 5.94. The third-order valence-electron chi connectivity index (χ3n) is 8.32. The Morgan fingerprint density at radius 1 is 1.00 bits per heavy atom. The van der Waals surface area contributed by atoms with Crippen LogP contribution in [0.1, 0.15) is 64.9 Å². The van der Waals surface area contributed by atoms with E-state index in [4.69, 9.17) is 4.74 Å². The summed E-state index contributed by atoms with van der Waals surface area (Å²) in [7, 11) is 1.78. The molecule has 0 saturated carbocycles. The number of hydrogen-bond donors (Lipinski definition) is 1. The maximum atomic E-state index is 15.1. The smallest absolute Gasteiger partial charge is 0.410 e. The van der Waals surface area contributed by atoms with Crippen molar-refractivity contribution in [3.8, 4) is 11.3 Å². The zero-order chi connectivity index (χ0) is 34.6. The Bertz CT molecular complexity index is 1710. The number of hydrogen-bond acceptors (Lipinski definition) is 9. The third kappa shape index (κ3) is 8.81. The van der Waals surface area contributed by atoms with E-state index in [0.29, 0.717) is 29.3 Å². The van der Waals surface area contributed by atoms with Crippen molar-refractivity contribution in [2.75, 3.05) is 51.6 Å². The first-order valence-electron chi connectivity index (χ1n) is 16.6. The van der Waals surface area contributed by atoms with Gasteiger partial charge in [-0.25, -0.2) is 33.5 Å². The number of anilines is 2. The lowest BCUT2D eigenvalue weighted by atomic mass is 10.1. The maximum absolute atomic E-state index is 15.1. The molecule has 1 aliphatic heterocycles. The largest absolute Gasteiger partial charge is 0.444 e. The number of aromatic nitrogens is 5. The molecule has 1 saturated heterocycles. The molecule has 3 aromatic heterocycles. The van der Waals surface area contributed by atoms with Gasteiger partial charge in [-0.15, -0.1) is 0 Å². The van der Waals surface area contributed by atoms with E-state index in [0.717, 1.165) is 63.9 Å². The van der Waals surface area contributed by atoms with Gasteiger partial charge in [-0.3, -0.25) is 4.90 Å². The number of piperazine rings is 1. The van der Waals surface area contributed by atoms with Crippen LogP contribution in [0.5, 0.6) is 0 Å². The minimum Gasteiger partial charge on any atom is -0.444 e. The lowest BCUT2D eigenvalue weighted by molar-refractivity contribution is 0.0294. The quantitative estimate of drug-likeness (QED) is 0.179. The molecule has 13 heteroatoms. The van der Waals surface area contributed by atoms with Crippen molar-refractivity contribution in [2.45, 2.75) is 72.6 Å². The van der Waals surface area contributed by atoms with Gasteiger partial charge < -0.3 is 24.4 Å². The second kappa shape index (κ2) is 14.9. The Kier molecular flexibility index (Phi) is 10.9. The van der Waals surface area contributed by atoms with E-state index in [2.05, 4.69) is 35.1 Å². The zero-order valence-corrected chi connectivity index (χ0v) is 29.1. The fourth-order valence-corrected chi connectivity index (χ4v) is 5.94. The number of aryl methyl sites for hydroxylation is 1. The number of unbranched alkanes of at least 4 members (excludes halogenated alkanes) is 1. The number of pyridine rings is 1. The fraction of sp³-hybridized carbons (Fsp3) is 0.514. The number of fused-ring (bicyclic) bond motifs is 1. The zero-order valence-electron chi connectivity index (χ0n) is 29.1. The molecule has 1 aliphatic rings. The van der Waals surface area contributed by atoms with Crippen LogP contribution in [0.3, 0.4) is 0 Å². The van der Waals surface area contributed by atoms with E-state index in [1.54, 1.807) is 18.0 Å². The van der Waals surface area contributed by atoms with E-state index in [9.17, 15) is 9.18 Å². The summed E-state index contributed by atoms with van der Waals surface area (Å²) in [5, 5.41) is 3.05. The monoisotopic (exact) mass is 663 g/mol. The number of rotatable bonds is 11. The predicted octanol–water partition coefficient (Wildman–Crippen LogP) is 6.56. The Morgan fingerprint density at radius 2 is 1.73 bits per heavy atom. The number of amides is 1. The summed E-state index contributed by atoms with van der Waals surface area (Å²) in [4.78, 5) is 36.0. The van der Waals surface area contributed by atoms with Crippen LogP contribution in [0.15, 0.2) is 36.7 Å². The van der Waals surface area contributed by atoms with Crippen LogP contribution >= 0.6 is 0 Å². The number of halogens is 2. The molecule has 0 spiro atoms. The highest BCUT2D eigenvalue weighted by atomic mass is 19.1. The first-order chi connectivity index (χ1) is 22.8. The standard InChI is InChI=1S/C35H47F2N9O2/c1-23(2)46-24(3)40-32-27(36)18-26(19-29(32)46)31-28(37)21-39-33(42-31)41-30-11-10-25(20-38-30)22-45-16-14-44(15-17-45)13-9-8-12-43(7)34(47)48-35(4,5)6/h10-11,18-21,23H,8-9,12-17,22H2,1-7H3,(H,38,39,41,42). The van der Waals surface area contributed by atoms with Gasteiger partial charge in [0.05, 0.1) is 11.7 Å². The molecule has 1 fully saturated rings. The molecule has 48 heavy (non-hydrogen) atoms. The third-order valence-corrected chi connectivity index (χ3v) is 8.32. The Balaban J connectivity index is 1.11. The molecule has 4 heterocycles. The molecule has 4 aromatic rings. The summed E-state index contributed by atoms with van der Waals surface area (Å²) in [6.07, 6.45) is 4.58. The summed E-state index contributed by atoms with van der Waals surface area (Å²) in [6, 6.07) is 6.88. The van der Waals surface area contributed by atoms with Gasteiger partial charge in [0.1, 0.15) is 28.5 Å². The first-order valence-corrected chi connectivity index (χ1v) is 16.6. The van der Waals surface area contributed by atoms with E-state index in [-0.39, 0.29) is 29.3 Å². The molecule has 11 nitrogen and oxygen atoms in total. The molecular weight excluding hydrogens is 616 g/mol. The molecule has 0 atom stereocenters. The Labute approximate surface area is 281 Å². The molecule has 1 amide bonds. The molecule has 0 unspecified atom stereocenters. The van der Waals surface area contributed by atoms with Gasteiger partial charge in [0.2, 0.25) is 5.95 Å². The van der Waals surface area contributed by atoms with Crippen LogP contribution in [0.4, 0.5) is 25.3 Å². The van der Waals surface area contributed by atoms with E-state index < -0.39 is 17.2 Å². The maximum Gasteiger partial charge on any atom is 0.410 e. The van der Waals surface area contributed by atoms with Crippen molar-refractivity contribution in [3.63, 3.8) is 0 Å². The van der Waals surface area contributed by atoms with Crippen molar-refractivity contribution in [3.05, 3.63) is 59.7 Å². The average Bonchev–Trinajstić information content (AvgIpc) is 3.37. The summed E-state index contributed by atoms with van der Waals surface area (Å²) >= 11 is 0. The van der Waals surface area contributed by atoms with Crippen LogP contribution in [-0.2, 0) is 11.3 Å². The van der Waals surface area contributed by atoms with Crippen LogP contribution in [0, 0.1) is 18.6 Å².